The number of carbonyl (C=O) groups excluding carboxylic acids is 1. The van der Waals surface area contributed by atoms with Crippen LogP contribution in [0.2, 0.25) is 0 Å². The molecular weight excluding hydrogens is 246 g/mol. The lowest BCUT2D eigenvalue weighted by Crippen LogP contribution is -2.35. The SMILES string of the molecule is COc1ccc(O)c(C(=O)NC2CCCOCC2)c1. The van der Waals surface area contributed by atoms with Gasteiger partial charge in [-0.2, -0.15) is 0 Å². The summed E-state index contributed by atoms with van der Waals surface area (Å²) >= 11 is 0. The second kappa shape index (κ2) is 6.43. The van der Waals surface area contributed by atoms with E-state index in [1.165, 1.54) is 19.2 Å². The van der Waals surface area contributed by atoms with Gasteiger partial charge in [0.2, 0.25) is 0 Å². The van der Waals surface area contributed by atoms with Gasteiger partial charge in [0.15, 0.2) is 0 Å². The van der Waals surface area contributed by atoms with Crippen molar-refractivity contribution in [2.75, 3.05) is 20.3 Å². The average molecular weight is 265 g/mol. The van der Waals surface area contributed by atoms with Crippen molar-refractivity contribution >= 4 is 5.91 Å². The number of nitrogens with one attached hydrogen (secondary N) is 1. The van der Waals surface area contributed by atoms with Crippen LogP contribution in [0.4, 0.5) is 0 Å². The van der Waals surface area contributed by atoms with Crippen molar-refractivity contribution < 1.29 is 19.4 Å². The van der Waals surface area contributed by atoms with Crippen molar-refractivity contribution in [3.8, 4) is 11.5 Å². The molecule has 1 atom stereocenters. The van der Waals surface area contributed by atoms with E-state index >= 15 is 0 Å². The molecule has 1 saturated heterocycles. The molecule has 0 aliphatic carbocycles. The fraction of sp³-hybridized carbons (Fsp3) is 0.500. The van der Waals surface area contributed by atoms with Gasteiger partial charge in [0.1, 0.15) is 11.5 Å². The smallest absolute Gasteiger partial charge is 0.255 e. The normalized spacial score (nSPS) is 19.5. The number of hydrogen-bond donors (Lipinski definition) is 2. The fourth-order valence-corrected chi connectivity index (χ4v) is 2.14. The van der Waals surface area contributed by atoms with Crippen LogP contribution < -0.4 is 10.1 Å². The highest BCUT2D eigenvalue weighted by atomic mass is 16.5. The molecule has 1 aliphatic rings. The third-order valence-electron chi connectivity index (χ3n) is 3.24. The van der Waals surface area contributed by atoms with Crippen LogP contribution in [-0.2, 0) is 4.74 Å². The molecule has 2 N–H and O–H groups in total. The lowest BCUT2D eigenvalue weighted by Gasteiger charge is -2.16. The van der Waals surface area contributed by atoms with Gasteiger partial charge < -0.3 is 19.9 Å². The Labute approximate surface area is 112 Å². The van der Waals surface area contributed by atoms with E-state index in [9.17, 15) is 9.90 Å². The zero-order chi connectivity index (χ0) is 13.7. The first-order valence-electron chi connectivity index (χ1n) is 6.46. The first kappa shape index (κ1) is 13.7. The molecule has 104 valence electrons. The summed E-state index contributed by atoms with van der Waals surface area (Å²) in [4.78, 5) is 12.1. The molecule has 1 unspecified atom stereocenters. The van der Waals surface area contributed by atoms with Crippen molar-refractivity contribution in [2.45, 2.75) is 25.3 Å². The number of aromatic hydroxyl groups is 1. The molecule has 5 heteroatoms. The van der Waals surface area contributed by atoms with E-state index in [0.717, 1.165) is 25.9 Å². The van der Waals surface area contributed by atoms with Crippen LogP contribution in [0.25, 0.3) is 0 Å². The minimum Gasteiger partial charge on any atom is -0.507 e. The second-order valence-electron chi connectivity index (χ2n) is 4.60. The summed E-state index contributed by atoms with van der Waals surface area (Å²) in [5.41, 5.74) is 0.240. The molecule has 1 aromatic carbocycles. The topological polar surface area (TPSA) is 67.8 Å². The van der Waals surface area contributed by atoms with Crippen molar-refractivity contribution in [2.24, 2.45) is 0 Å². The van der Waals surface area contributed by atoms with Crippen molar-refractivity contribution in [1.29, 1.82) is 0 Å². The summed E-state index contributed by atoms with van der Waals surface area (Å²) in [5.74, 6) is 0.235. The Bertz CT molecular complexity index is 439. The molecule has 0 spiro atoms. The summed E-state index contributed by atoms with van der Waals surface area (Å²) in [6.45, 7) is 1.41. The largest absolute Gasteiger partial charge is 0.507 e. The maximum atomic E-state index is 12.1. The summed E-state index contributed by atoms with van der Waals surface area (Å²) in [6.07, 6.45) is 2.64. The summed E-state index contributed by atoms with van der Waals surface area (Å²) in [7, 11) is 1.52. The molecule has 0 bridgehead atoms. The minimum atomic E-state index is -0.275. The third-order valence-corrected chi connectivity index (χ3v) is 3.24. The molecule has 2 rings (SSSR count). The maximum Gasteiger partial charge on any atom is 0.255 e. The standard InChI is InChI=1S/C14H19NO4/c1-18-11-4-5-13(16)12(9-11)14(17)15-10-3-2-7-19-8-6-10/h4-5,9-10,16H,2-3,6-8H2,1H3,(H,15,17). The highest BCUT2D eigenvalue weighted by Crippen LogP contribution is 2.23. The molecular formula is C14H19NO4. The molecule has 0 aromatic heterocycles. The number of ether oxygens (including phenoxy) is 2. The van der Waals surface area contributed by atoms with Gasteiger partial charge in [0.05, 0.1) is 12.7 Å². The molecule has 1 aromatic rings. The van der Waals surface area contributed by atoms with Crippen LogP contribution in [0.5, 0.6) is 11.5 Å². The van der Waals surface area contributed by atoms with Gasteiger partial charge in [-0.1, -0.05) is 0 Å². The number of phenols is 1. The van der Waals surface area contributed by atoms with Gasteiger partial charge in [-0.05, 0) is 37.5 Å². The Kier molecular flexibility index (Phi) is 4.63. The van der Waals surface area contributed by atoms with Crippen LogP contribution >= 0.6 is 0 Å². The molecule has 0 radical (unpaired) electrons. The predicted octanol–water partition coefficient (Wildman–Crippen LogP) is 1.70. The first-order chi connectivity index (χ1) is 9.20. The van der Waals surface area contributed by atoms with Crippen molar-refractivity contribution in [3.05, 3.63) is 23.8 Å². The number of rotatable bonds is 3. The third kappa shape index (κ3) is 3.61. The van der Waals surface area contributed by atoms with Gasteiger partial charge in [-0.3, -0.25) is 4.79 Å². The van der Waals surface area contributed by atoms with Gasteiger partial charge in [-0.25, -0.2) is 0 Å². The zero-order valence-electron chi connectivity index (χ0n) is 11.0. The Morgan fingerprint density at radius 1 is 1.42 bits per heavy atom. The fourth-order valence-electron chi connectivity index (χ4n) is 2.14. The van der Waals surface area contributed by atoms with E-state index in [-0.39, 0.29) is 23.3 Å². The van der Waals surface area contributed by atoms with Gasteiger partial charge in [0, 0.05) is 19.3 Å². The molecule has 1 aliphatic heterocycles. The Morgan fingerprint density at radius 3 is 3.05 bits per heavy atom. The van der Waals surface area contributed by atoms with E-state index in [4.69, 9.17) is 9.47 Å². The van der Waals surface area contributed by atoms with E-state index in [1.54, 1.807) is 6.07 Å². The van der Waals surface area contributed by atoms with Gasteiger partial charge in [-0.15, -0.1) is 0 Å². The lowest BCUT2D eigenvalue weighted by atomic mass is 10.1. The first-order valence-corrected chi connectivity index (χ1v) is 6.46. The van der Waals surface area contributed by atoms with Crippen molar-refractivity contribution in [1.82, 2.24) is 5.32 Å². The number of hydrogen-bond acceptors (Lipinski definition) is 4. The monoisotopic (exact) mass is 265 g/mol. The van der Waals surface area contributed by atoms with E-state index < -0.39 is 0 Å². The maximum absolute atomic E-state index is 12.1. The Balaban J connectivity index is 2.06. The highest BCUT2D eigenvalue weighted by Gasteiger charge is 2.18. The summed E-state index contributed by atoms with van der Waals surface area (Å²) < 4.78 is 10.4. The Morgan fingerprint density at radius 2 is 2.26 bits per heavy atom. The predicted molar refractivity (Wildman–Crippen MR) is 70.6 cm³/mol. The zero-order valence-corrected chi connectivity index (χ0v) is 11.0. The second-order valence-corrected chi connectivity index (χ2v) is 4.60. The van der Waals surface area contributed by atoms with Gasteiger partial charge >= 0.3 is 0 Å². The summed E-state index contributed by atoms with van der Waals surface area (Å²) in [6, 6.07) is 4.72. The van der Waals surface area contributed by atoms with E-state index in [2.05, 4.69) is 5.32 Å². The van der Waals surface area contributed by atoms with Crippen LogP contribution in [-0.4, -0.2) is 37.4 Å². The van der Waals surface area contributed by atoms with Gasteiger partial charge in [0.25, 0.3) is 5.91 Å². The van der Waals surface area contributed by atoms with Crippen LogP contribution in [0.1, 0.15) is 29.6 Å². The minimum absolute atomic E-state index is 0.0387. The quantitative estimate of drug-likeness (QED) is 0.873. The number of phenolic OH excluding ortho intramolecular Hbond substituents is 1. The van der Waals surface area contributed by atoms with Crippen molar-refractivity contribution in [3.63, 3.8) is 0 Å². The molecule has 19 heavy (non-hydrogen) atoms. The highest BCUT2D eigenvalue weighted by molar-refractivity contribution is 5.97. The lowest BCUT2D eigenvalue weighted by molar-refractivity contribution is 0.0926. The Hall–Kier alpha value is -1.75. The van der Waals surface area contributed by atoms with Crippen LogP contribution in [0.15, 0.2) is 18.2 Å². The molecule has 1 amide bonds. The number of amides is 1. The molecule has 5 nitrogen and oxygen atoms in total. The number of methoxy groups -OCH3 is 1. The molecule has 1 fully saturated rings. The van der Waals surface area contributed by atoms with Crippen LogP contribution in [0, 0.1) is 0 Å². The number of carbonyl (C=O) groups is 1. The summed E-state index contributed by atoms with van der Waals surface area (Å²) in [5, 5.41) is 12.7. The van der Waals surface area contributed by atoms with E-state index in [0.29, 0.717) is 12.4 Å². The molecule has 0 saturated carbocycles. The number of benzene rings is 1. The molecule has 1 heterocycles. The van der Waals surface area contributed by atoms with E-state index in [1.807, 2.05) is 0 Å². The van der Waals surface area contributed by atoms with Crippen LogP contribution in [0.3, 0.4) is 0 Å². The average Bonchev–Trinajstić information content (AvgIpc) is 2.68.